The van der Waals surface area contributed by atoms with E-state index in [4.69, 9.17) is 4.74 Å². The summed E-state index contributed by atoms with van der Waals surface area (Å²) >= 11 is 0. The molecule has 0 aliphatic rings. The number of amides is 2. The van der Waals surface area contributed by atoms with Crippen molar-refractivity contribution in [2.24, 2.45) is 0 Å². The molecule has 144 valence electrons. The molecule has 0 saturated carbocycles. The van der Waals surface area contributed by atoms with Crippen LogP contribution >= 0.6 is 0 Å². The molecule has 5 nitrogen and oxygen atoms in total. The van der Waals surface area contributed by atoms with Crippen LogP contribution in [-0.2, 0) is 22.7 Å². The Kier molecular flexibility index (Phi) is 7.55. The van der Waals surface area contributed by atoms with Crippen LogP contribution in [-0.4, -0.2) is 24.5 Å². The van der Waals surface area contributed by atoms with Gasteiger partial charge in [-0.3, -0.25) is 9.59 Å². The first-order valence-electron chi connectivity index (χ1n) is 9.16. The number of carbonyl (C=O) groups excluding carboxylic acids is 2. The van der Waals surface area contributed by atoms with E-state index in [0.717, 1.165) is 22.3 Å². The molecule has 27 heavy (non-hydrogen) atoms. The second-order valence-corrected chi connectivity index (χ2v) is 7.01. The molecule has 2 aromatic carbocycles. The third-order valence-corrected chi connectivity index (χ3v) is 3.99. The van der Waals surface area contributed by atoms with Gasteiger partial charge in [0.05, 0.1) is 19.3 Å². The number of hydrogen-bond acceptors (Lipinski definition) is 3. The molecule has 5 heteroatoms. The minimum Gasteiger partial charge on any atom is -0.374 e. The van der Waals surface area contributed by atoms with Crippen molar-refractivity contribution in [2.45, 2.75) is 47.0 Å². The Balaban J connectivity index is 1.76. The van der Waals surface area contributed by atoms with Crippen LogP contribution in [0.3, 0.4) is 0 Å². The number of nitrogens with one attached hydrogen (secondary N) is 2. The number of rotatable bonds is 8. The van der Waals surface area contributed by atoms with Gasteiger partial charge in [-0.2, -0.15) is 0 Å². The predicted molar refractivity (Wildman–Crippen MR) is 106 cm³/mol. The van der Waals surface area contributed by atoms with E-state index in [2.05, 4.69) is 10.6 Å². The lowest BCUT2D eigenvalue weighted by Crippen LogP contribution is -2.36. The fourth-order valence-corrected chi connectivity index (χ4v) is 2.65. The molecular formula is C22H28N2O3. The van der Waals surface area contributed by atoms with Gasteiger partial charge in [0.15, 0.2) is 0 Å². The molecule has 0 heterocycles. The van der Waals surface area contributed by atoms with Gasteiger partial charge in [0.1, 0.15) is 0 Å². The van der Waals surface area contributed by atoms with Crippen LogP contribution in [0, 0.1) is 13.8 Å². The molecule has 2 rings (SSSR count). The summed E-state index contributed by atoms with van der Waals surface area (Å²) in [7, 11) is 0. The van der Waals surface area contributed by atoms with E-state index in [1.807, 2.05) is 70.2 Å². The second-order valence-electron chi connectivity index (χ2n) is 7.01. The van der Waals surface area contributed by atoms with E-state index < -0.39 is 0 Å². The molecular weight excluding hydrogens is 340 g/mol. The first-order chi connectivity index (χ1) is 12.8. The maximum Gasteiger partial charge on any atom is 0.251 e. The number of aryl methyl sites for hydroxylation is 2. The highest BCUT2D eigenvalue weighted by atomic mass is 16.5. The summed E-state index contributed by atoms with van der Waals surface area (Å²) in [6.45, 7) is 8.84. The van der Waals surface area contributed by atoms with Crippen molar-refractivity contribution in [1.82, 2.24) is 10.6 Å². The molecule has 0 aliphatic carbocycles. The molecule has 2 N–H and O–H groups in total. The number of benzene rings is 2. The molecule has 0 bridgehead atoms. The summed E-state index contributed by atoms with van der Waals surface area (Å²) in [5.74, 6) is -0.466. The zero-order chi connectivity index (χ0) is 19.8. The average molecular weight is 368 g/mol. The van der Waals surface area contributed by atoms with Gasteiger partial charge in [-0.05, 0) is 51.0 Å². The van der Waals surface area contributed by atoms with E-state index in [1.54, 1.807) is 0 Å². The number of carbonyl (C=O) groups is 2. The third-order valence-electron chi connectivity index (χ3n) is 3.99. The highest BCUT2D eigenvalue weighted by Gasteiger charge is 2.09. The largest absolute Gasteiger partial charge is 0.374 e. The lowest BCUT2D eigenvalue weighted by Gasteiger charge is -2.10. The van der Waals surface area contributed by atoms with E-state index in [0.29, 0.717) is 18.7 Å². The highest BCUT2D eigenvalue weighted by molar-refractivity contribution is 5.96. The van der Waals surface area contributed by atoms with Crippen molar-refractivity contribution < 1.29 is 14.3 Å². The predicted octanol–water partition coefficient (Wildman–Crippen LogP) is 3.27. The fraction of sp³-hybridized carbons (Fsp3) is 0.364. The Bertz CT molecular complexity index is 762. The quantitative estimate of drug-likeness (QED) is 0.751. The van der Waals surface area contributed by atoms with Crippen molar-refractivity contribution in [3.05, 3.63) is 70.3 Å². The zero-order valence-corrected chi connectivity index (χ0v) is 16.5. The van der Waals surface area contributed by atoms with Crippen molar-refractivity contribution >= 4 is 11.8 Å². The number of ether oxygens (including phenoxy) is 1. The van der Waals surface area contributed by atoms with Crippen LogP contribution in [0.5, 0.6) is 0 Å². The molecule has 0 spiro atoms. The topological polar surface area (TPSA) is 67.4 Å². The molecule has 0 fully saturated rings. The van der Waals surface area contributed by atoms with E-state index >= 15 is 0 Å². The molecule has 2 amide bonds. The normalized spacial score (nSPS) is 10.7. The summed E-state index contributed by atoms with van der Waals surface area (Å²) in [5, 5.41) is 5.47. The van der Waals surface area contributed by atoms with Gasteiger partial charge < -0.3 is 15.4 Å². The smallest absolute Gasteiger partial charge is 0.251 e. The summed E-state index contributed by atoms with van der Waals surface area (Å²) in [6, 6.07) is 13.5. The van der Waals surface area contributed by atoms with Crippen molar-refractivity contribution in [2.75, 3.05) is 6.54 Å². The highest BCUT2D eigenvalue weighted by Crippen LogP contribution is 2.09. The molecule has 0 radical (unpaired) electrons. The van der Waals surface area contributed by atoms with E-state index in [-0.39, 0.29) is 24.5 Å². The molecule has 2 aromatic rings. The average Bonchev–Trinajstić information content (AvgIpc) is 2.62. The van der Waals surface area contributed by atoms with Gasteiger partial charge in [-0.1, -0.05) is 41.5 Å². The van der Waals surface area contributed by atoms with Crippen LogP contribution in [0.15, 0.2) is 42.5 Å². The van der Waals surface area contributed by atoms with Gasteiger partial charge in [-0.15, -0.1) is 0 Å². The van der Waals surface area contributed by atoms with Crippen molar-refractivity contribution in [1.29, 1.82) is 0 Å². The Labute approximate surface area is 161 Å². The Morgan fingerprint density at radius 1 is 0.926 bits per heavy atom. The minimum atomic E-state index is -0.244. The summed E-state index contributed by atoms with van der Waals surface area (Å²) in [4.78, 5) is 24.2. The molecule has 0 saturated heterocycles. The Morgan fingerprint density at radius 3 is 2.11 bits per heavy atom. The Morgan fingerprint density at radius 2 is 1.52 bits per heavy atom. The summed E-state index contributed by atoms with van der Waals surface area (Å²) in [6.07, 6.45) is 0.197. The number of hydrogen-bond donors (Lipinski definition) is 2. The summed E-state index contributed by atoms with van der Waals surface area (Å²) < 4.78 is 5.56. The third kappa shape index (κ3) is 7.23. The molecule has 0 aliphatic heterocycles. The monoisotopic (exact) mass is 368 g/mol. The molecule has 0 atom stereocenters. The van der Waals surface area contributed by atoms with Crippen LogP contribution in [0.4, 0.5) is 0 Å². The minimum absolute atomic E-state index is 0.0495. The summed E-state index contributed by atoms with van der Waals surface area (Å²) in [5.41, 5.74) is 4.70. The van der Waals surface area contributed by atoms with Crippen molar-refractivity contribution in [3.63, 3.8) is 0 Å². The standard InChI is InChI=1S/C22H28N2O3/c1-15(2)27-14-19-7-5-18(6-8-19)12-23-21(25)13-24-22(26)20-10-16(3)9-17(4)11-20/h5-11,15H,12-14H2,1-4H3,(H,23,25)(H,24,26). The van der Waals surface area contributed by atoms with E-state index in [9.17, 15) is 9.59 Å². The van der Waals surface area contributed by atoms with Crippen LogP contribution in [0.1, 0.15) is 46.5 Å². The maximum absolute atomic E-state index is 12.2. The van der Waals surface area contributed by atoms with Gasteiger partial charge in [0, 0.05) is 12.1 Å². The van der Waals surface area contributed by atoms with Gasteiger partial charge in [0.2, 0.25) is 5.91 Å². The lowest BCUT2D eigenvalue weighted by molar-refractivity contribution is -0.120. The zero-order valence-electron chi connectivity index (χ0n) is 16.5. The maximum atomic E-state index is 12.2. The SMILES string of the molecule is Cc1cc(C)cc(C(=O)NCC(=O)NCc2ccc(COC(C)C)cc2)c1. The van der Waals surface area contributed by atoms with Crippen LogP contribution in [0.25, 0.3) is 0 Å². The molecule has 0 aromatic heterocycles. The lowest BCUT2D eigenvalue weighted by atomic mass is 10.1. The fourth-order valence-electron chi connectivity index (χ4n) is 2.65. The van der Waals surface area contributed by atoms with Gasteiger partial charge in [-0.25, -0.2) is 0 Å². The van der Waals surface area contributed by atoms with Crippen LogP contribution in [0.2, 0.25) is 0 Å². The Hall–Kier alpha value is -2.66. The van der Waals surface area contributed by atoms with Gasteiger partial charge >= 0.3 is 0 Å². The molecule has 0 unspecified atom stereocenters. The van der Waals surface area contributed by atoms with E-state index in [1.165, 1.54) is 0 Å². The van der Waals surface area contributed by atoms with Crippen molar-refractivity contribution in [3.8, 4) is 0 Å². The van der Waals surface area contributed by atoms with Gasteiger partial charge in [0.25, 0.3) is 5.91 Å². The first kappa shape index (κ1) is 20.6. The van der Waals surface area contributed by atoms with Crippen LogP contribution < -0.4 is 10.6 Å². The first-order valence-corrected chi connectivity index (χ1v) is 9.16. The second kappa shape index (κ2) is 9.88.